The van der Waals surface area contributed by atoms with Crippen LogP contribution in [-0.4, -0.2) is 36.9 Å². The minimum Gasteiger partial charge on any atom is -0.348 e. The van der Waals surface area contributed by atoms with Crippen LogP contribution in [0.3, 0.4) is 0 Å². The number of hydrogen-bond donors (Lipinski definition) is 1. The van der Waals surface area contributed by atoms with Crippen molar-refractivity contribution in [3.8, 4) is 0 Å². The van der Waals surface area contributed by atoms with Crippen molar-refractivity contribution in [1.29, 1.82) is 0 Å². The summed E-state index contributed by atoms with van der Waals surface area (Å²) in [4.78, 5) is 21.2. The fourth-order valence-electron chi connectivity index (χ4n) is 2.84. The van der Waals surface area contributed by atoms with E-state index in [2.05, 4.69) is 25.5 Å². The molecule has 0 saturated heterocycles. The summed E-state index contributed by atoms with van der Waals surface area (Å²) < 4.78 is 6.97. The third kappa shape index (κ3) is 2.75. The van der Waals surface area contributed by atoms with E-state index in [-0.39, 0.29) is 11.9 Å². The van der Waals surface area contributed by atoms with Crippen LogP contribution in [0, 0.1) is 6.92 Å². The topological polar surface area (TPSA) is 98.7 Å². The van der Waals surface area contributed by atoms with Gasteiger partial charge in [-0.2, -0.15) is 5.10 Å². The van der Waals surface area contributed by atoms with Crippen molar-refractivity contribution in [3.63, 3.8) is 0 Å². The second kappa shape index (κ2) is 5.70. The number of carbonyl (C=O) groups excluding carboxylic acids is 1. The number of rotatable bonds is 5. The number of aromatic nitrogens is 5. The Labute approximate surface area is 138 Å². The summed E-state index contributed by atoms with van der Waals surface area (Å²) in [6, 6.07) is 1.79. The Morgan fingerprint density at radius 1 is 1.50 bits per heavy atom. The molecule has 1 amide bonds. The molecule has 0 aromatic carbocycles. The first-order chi connectivity index (χ1) is 11.6. The van der Waals surface area contributed by atoms with Crippen LogP contribution in [0.2, 0.25) is 0 Å². The van der Waals surface area contributed by atoms with Gasteiger partial charge < -0.3 is 9.84 Å². The summed E-state index contributed by atoms with van der Waals surface area (Å²) >= 11 is 0. The van der Waals surface area contributed by atoms with Crippen LogP contribution < -0.4 is 5.32 Å². The van der Waals surface area contributed by atoms with Crippen LogP contribution in [-0.2, 0) is 6.54 Å². The Morgan fingerprint density at radius 2 is 2.33 bits per heavy atom. The average molecular weight is 326 g/mol. The highest BCUT2D eigenvalue weighted by molar-refractivity contribution is 6.06. The van der Waals surface area contributed by atoms with E-state index in [1.807, 2.05) is 19.9 Å². The summed E-state index contributed by atoms with van der Waals surface area (Å²) in [5.41, 5.74) is 2.60. The van der Waals surface area contributed by atoms with Crippen LogP contribution >= 0.6 is 0 Å². The second-order valence-electron chi connectivity index (χ2n) is 6.31. The number of fused-ring (bicyclic) bond motifs is 1. The van der Waals surface area contributed by atoms with Crippen LogP contribution in [0.1, 0.15) is 47.4 Å². The van der Waals surface area contributed by atoms with Gasteiger partial charge in [0.1, 0.15) is 12.7 Å². The summed E-state index contributed by atoms with van der Waals surface area (Å²) in [6.07, 6.45) is 5.32. The van der Waals surface area contributed by atoms with E-state index in [1.54, 1.807) is 11.0 Å². The van der Waals surface area contributed by atoms with Gasteiger partial charge in [0.05, 0.1) is 23.2 Å². The number of aryl methyl sites for hydroxylation is 1. The van der Waals surface area contributed by atoms with E-state index >= 15 is 0 Å². The minimum absolute atomic E-state index is 0.0908. The first-order valence-electron chi connectivity index (χ1n) is 8.02. The molecule has 0 unspecified atom stereocenters. The van der Waals surface area contributed by atoms with Crippen molar-refractivity contribution < 1.29 is 9.32 Å². The number of nitrogens with one attached hydrogen (secondary N) is 1. The van der Waals surface area contributed by atoms with E-state index in [1.165, 1.54) is 6.33 Å². The molecule has 0 spiro atoms. The highest BCUT2D eigenvalue weighted by atomic mass is 16.5. The van der Waals surface area contributed by atoms with E-state index in [0.29, 0.717) is 34.8 Å². The van der Waals surface area contributed by atoms with Gasteiger partial charge in [-0.1, -0.05) is 5.16 Å². The quantitative estimate of drug-likeness (QED) is 0.768. The lowest BCUT2D eigenvalue weighted by molar-refractivity contribution is 0.0937. The molecule has 8 nitrogen and oxygen atoms in total. The monoisotopic (exact) mass is 326 g/mol. The van der Waals surface area contributed by atoms with Gasteiger partial charge in [0.2, 0.25) is 0 Å². The van der Waals surface area contributed by atoms with Crippen molar-refractivity contribution in [1.82, 2.24) is 30.2 Å². The van der Waals surface area contributed by atoms with Crippen molar-refractivity contribution in [2.24, 2.45) is 0 Å². The average Bonchev–Trinajstić information content (AvgIpc) is 3.17. The molecule has 1 saturated carbocycles. The SMILES string of the molecule is Cc1noc2nc(C3CC3)cc(C(=O)N[C@H](C)Cn3cncn3)c12. The molecule has 1 aliphatic carbocycles. The van der Waals surface area contributed by atoms with Crippen molar-refractivity contribution in [2.75, 3.05) is 0 Å². The molecular weight excluding hydrogens is 308 g/mol. The Kier molecular flexibility index (Phi) is 3.51. The van der Waals surface area contributed by atoms with Gasteiger partial charge >= 0.3 is 0 Å². The largest absolute Gasteiger partial charge is 0.348 e. The predicted octanol–water partition coefficient (Wildman–Crippen LogP) is 1.82. The Hall–Kier alpha value is -2.77. The number of amides is 1. The first kappa shape index (κ1) is 14.8. The summed E-state index contributed by atoms with van der Waals surface area (Å²) in [7, 11) is 0. The van der Waals surface area contributed by atoms with E-state index in [4.69, 9.17) is 4.52 Å². The first-order valence-corrected chi connectivity index (χ1v) is 8.02. The lowest BCUT2D eigenvalue weighted by atomic mass is 10.1. The lowest BCUT2D eigenvalue weighted by Gasteiger charge is -2.14. The zero-order chi connectivity index (χ0) is 16.7. The van der Waals surface area contributed by atoms with Crippen molar-refractivity contribution in [2.45, 2.75) is 45.2 Å². The fourth-order valence-corrected chi connectivity index (χ4v) is 2.84. The molecule has 4 rings (SSSR count). The maximum atomic E-state index is 12.8. The van der Waals surface area contributed by atoms with E-state index in [0.717, 1.165) is 18.5 Å². The summed E-state index contributed by atoms with van der Waals surface area (Å²) in [5, 5.41) is 11.7. The molecule has 124 valence electrons. The third-order valence-electron chi connectivity index (χ3n) is 4.18. The van der Waals surface area contributed by atoms with E-state index < -0.39 is 0 Å². The molecule has 3 heterocycles. The predicted molar refractivity (Wildman–Crippen MR) is 85.5 cm³/mol. The van der Waals surface area contributed by atoms with Gasteiger partial charge in [-0.3, -0.25) is 9.48 Å². The summed E-state index contributed by atoms with van der Waals surface area (Å²) in [5.74, 6) is 0.280. The Morgan fingerprint density at radius 3 is 3.04 bits per heavy atom. The molecular formula is C16H18N6O2. The molecule has 0 radical (unpaired) electrons. The standard InChI is InChI=1S/C16H18N6O2/c1-9(6-22-8-17-7-18-22)19-15(23)12-5-13(11-3-4-11)20-16-14(12)10(2)21-24-16/h5,7-9,11H,3-4,6H2,1-2H3,(H,19,23)/t9-/m1/s1. The molecule has 24 heavy (non-hydrogen) atoms. The highest BCUT2D eigenvalue weighted by Gasteiger charge is 2.28. The molecule has 1 fully saturated rings. The number of pyridine rings is 1. The van der Waals surface area contributed by atoms with Gasteiger partial charge in [0.15, 0.2) is 0 Å². The van der Waals surface area contributed by atoms with Crippen molar-refractivity contribution >= 4 is 17.0 Å². The maximum Gasteiger partial charge on any atom is 0.259 e. The van der Waals surface area contributed by atoms with Crippen molar-refractivity contribution in [3.05, 3.63) is 35.7 Å². The van der Waals surface area contributed by atoms with Crippen LogP contribution in [0.4, 0.5) is 0 Å². The zero-order valence-electron chi connectivity index (χ0n) is 13.6. The molecule has 1 aliphatic rings. The molecule has 1 N–H and O–H groups in total. The van der Waals surface area contributed by atoms with Crippen LogP contribution in [0.25, 0.3) is 11.1 Å². The third-order valence-corrected chi connectivity index (χ3v) is 4.18. The lowest BCUT2D eigenvalue weighted by Crippen LogP contribution is -2.36. The van der Waals surface area contributed by atoms with Gasteiger partial charge in [-0.05, 0) is 32.8 Å². The summed E-state index contributed by atoms with van der Waals surface area (Å²) in [6.45, 7) is 4.30. The Balaban J connectivity index is 1.62. The molecule has 3 aromatic rings. The van der Waals surface area contributed by atoms with Crippen LogP contribution in [0.15, 0.2) is 23.2 Å². The molecule has 0 aliphatic heterocycles. The zero-order valence-corrected chi connectivity index (χ0v) is 13.6. The van der Waals surface area contributed by atoms with Gasteiger partial charge in [-0.15, -0.1) is 0 Å². The van der Waals surface area contributed by atoms with Crippen LogP contribution in [0.5, 0.6) is 0 Å². The molecule has 1 atom stereocenters. The maximum absolute atomic E-state index is 12.8. The van der Waals surface area contributed by atoms with Gasteiger partial charge in [0.25, 0.3) is 11.6 Å². The number of hydrogen-bond acceptors (Lipinski definition) is 6. The van der Waals surface area contributed by atoms with E-state index in [9.17, 15) is 4.79 Å². The van der Waals surface area contributed by atoms with Gasteiger partial charge in [-0.25, -0.2) is 9.97 Å². The number of carbonyl (C=O) groups is 1. The normalized spacial score (nSPS) is 15.6. The fraction of sp³-hybridized carbons (Fsp3) is 0.438. The highest BCUT2D eigenvalue weighted by Crippen LogP contribution is 2.40. The second-order valence-corrected chi connectivity index (χ2v) is 6.31. The molecule has 3 aromatic heterocycles. The minimum atomic E-state index is -0.150. The molecule has 0 bridgehead atoms. The smallest absolute Gasteiger partial charge is 0.259 e. The molecule has 8 heteroatoms. The van der Waals surface area contributed by atoms with Gasteiger partial charge in [0, 0.05) is 17.7 Å². The Bertz CT molecular complexity index is 881. The number of nitrogens with zero attached hydrogens (tertiary/aromatic N) is 5.